The summed E-state index contributed by atoms with van der Waals surface area (Å²) in [6, 6.07) is 12.0. The van der Waals surface area contributed by atoms with Crippen LogP contribution in [0.4, 0.5) is 5.69 Å². The van der Waals surface area contributed by atoms with Crippen LogP contribution in [-0.4, -0.2) is 32.1 Å². The van der Waals surface area contributed by atoms with Gasteiger partial charge in [0.15, 0.2) is 5.76 Å². The van der Waals surface area contributed by atoms with Crippen molar-refractivity contribution in [2.45, 2.75) is 6.61 Å². The summed E-state index contributed by atoms with van der Waals surface area (Å²) in [5, 5.41) is 3.19. The van der Waals surface area contributed by atoms with E-state index in [9.17, 15) is 14.4 Å². The molecule has 32 heavy (non-hydrogen) atoms. The highest BCUT2D eigenvalue weighted by Gasteiger charge is 2.17. The number of furan rings is 1. The first-order valence-electron chi connectivity index (χ1n) is 9.11. The fraction of sp³-hybridized carbons (Fsp3) is 0.136. The highest BCUT2D eigenvalue weighted by Crippen LogP contribution is 2.32. The van der Waals surface area contributed by atoms with Crippen molar-refractivity contribution in [3.8, 4) is 5.75 Å². The topological polar surface area (TPSA) is 104 Å². The third kappa shape index (κ3) is 5.40. The smallest absolute Gasteiger partial charge is 0.337 e. The number of carbonyl (C=O) groups excluding carboxylic acids is 3. The van der Waals surface area contributed by atoms with Gasteiger partial charge >= 0.3 is 11.9 Å². The lowest BCUT2D eigenvalue weighted by Crippen LogP contribution is -2.13. The fourth-order valence-corrected chi connectivity index (χ4v) is 3.03. The number of methoxy groups -OCH3 is 2. The molecule has 0 unspecified atom stereocenters. The SMILES string of the molecule is COC(=O)c1cc(NC(=O)c2ccc(COc3cccc(Cl)c3Cl)o2)cc(C(=O)OC)c1. The van der Waals surface area contributed by atoms with Gasteiger partial charge in [0.05, 0.1) is 30.4 Å². The third-order valence-electron chi connectivity index (χ3n) is 4.20. The Balaban J connectivity index is 1.73. The van der Waals surface area contributed by atoms with E-state index in [-0.39, 0.29) is 34.2 Å². The molecule has 0 spiro atoms. The van der Waals surface area contributed by atoms with Crippen LogP contribution in [0.15, 0.2) is 52.9 Å². The molecule has 0 radical (unpaired) electrons. The van der Waals surface area contributed by atoms with E-state index in [1.807, 2.05) is 0 Å². The van der Waals surface area contributed by atoms with Gasteiger partial charge in [-0.3, -0.25) is 4.79 Å². The Bertz CT molecular complexity index is 1140. The third-order valence-corrected chi connectivity index (χ3v) is 5.01. The number of rotatable bonds is 7. The quantitative estimate of drug-likeness (QED) is 0.477. The molecule has 0 aliphatic carbocycles. The van der Waals surface area contributed by atoms with Gasteiger partial charge in [0.1, 0.15) is 23.1 Å². The first-order valence-corrected chi connectivity index (χ1v) is 9.86. The molecule has 1 N–H and O–H groups in total. The van der Waals surface area contributed by atoms with Gasteiger partial charge in [0.25, 0.3) is 5.91 Å². The van der Waals surface area contributed by atoms with Crippen molar-refractivity contribution in [2.24, 2.45) is 0 Å². The summed E-state index contributed by atoms with van der Waals surface area (Å²) in [7, 11) is 2.41. The maximum atomic E-state index is 12.6. The predicted molar refractivity (Wildman–Crippen MR) is 117 cm³/mol. The van der Waals surface area contributed by atoms with E-state index in [4.69, 9.17) is 32.4 Å². The van der Waals surface area contributed by atoms with E-state index in [0.717, 1.165) is 0 Å². The number of ether oxygens (including phenoxy) is 3. The molecular formula is C22H17Cl2NO7. The minimum absolute atomic E-state index is 0.0103. The van der Waals surface area contributed by atoms with Crippen LogP contribution in [0.5, 0.6) is 5.75 Å². The van der Waals surface area contributed by atoms with E-state index in [2.05, 4.69) is 14.8 Å². The van der Waals surface area contributed by atoms with Crippen molar-refractivity contribution < 1.29 is 33.0 Å². The van der Waals surface area contributed by atoms with Crippen LogP contribution in [-0.2, 0) is 16.1 Å². The van der Waals surface area contributed by atoms with E-state index < -0.39 is 17.8 Å². The minimum atomic E-state index is -0.677. The molecule has 3 rings (SSSR count). The maximum Gasteiger partial charge on any atom is 0.337 e. The highest BCUT2D eigenvalue weighted by atomic mass is 35.5. The average molecular weight is 478 g/mol. The van der Waals surface area contributed by atoms with E-state index in [0.29, 0.717) is 16.5 Å². The maximum absolute atomic E-state index is 12.6. The molecule has 0 saturated carbocycles. The van der Waals surface area contributed by atoms with Crippen molar-refractivity contribution in [1.29, 1.82) is 0 Å². The molecule has 8 nitrogen and oxygen atoms in total. The second-order valence-electron chi connectivity index (χ2n) is 6.34. The Morgan fingerprint density at radius 1 is 0.938 bits per heavy atom. The zero-order chi connectivity index (χ0) is 23.3. The summed E-state index contributed by atoms with van der Waals surface area (Å²) in [6.45, 7) is 0.0116. The fourth-order valence-electron chi connectivity index (χ4n) is 2.69. The van der Waals surface area contributed by atoms with Gasteiger partial charge in [0.2, 0.25) is 0 Å². The molecular weight excluding hydrogens is 461 g/mol. The number of nitrogens with one attached hydrogen (secondary N) is 1. The number of amides is 1. The van der Waals surface area contributed by atoms with Crippen LogP contribution in [0.2, 0.25) is 10.0 Å². The average Bonchev–Trinajstić information content (AvgIpc) is 3.28. The van der Waals surface area contributed by atoms with Crippen LogP contribution in [0, 0.1) is 0 Å². The van der Waals surface area contributed by atoms with E-state index >= 15 is 0 Å². The summed E-state index contributed by atoms with van der Waals surface area (Å²) in [5.41, 5.74) is 0.313. The molecule has 0 atom stereocenters. The van der Waals surface area contributed by atoms with Crippen molar-refractivity contribution in [3.63, 3.8) is 0 Å². The lowest BCUT2D eigenvalue weighted by atomic mass is 10.1. The molecule has 3 aromatic rings. The van der Waals surface area contributed by atoms with Gasteiger partial charge in [-0.2, -0.15) is 0 Å². The number of halogens is 2. The Morgan fingerprint density at radius 3 is 2.22 bits per heavy atom. The summed E-state index contributed by atoms with van der Waals surface area (Å²) in [5.74, 6) is -1.23. The molecule has 10 heteroatoms. The number of hydrogen-bond donors (Lipinski definition) is 1. The first kappa shape index (κ1) is 23.2. The predicted octanol–water partition coefficient (Wildman–Crippen LogP) is 4.99. The molecule has 0 fully saturated rings. The molecule has 1 heterocycles. The van der Waals surface area contributed by atoms with Gasteiger partial charge in [-0.05, 0) is 42.5 Å². The lowest BCUT2D eigenvalue weighted by molar-refractivity contribution is 0.0599. The largest absolute Gasteiger partial charge is 0.484 e. The van der Waals surface area contributed by atoms with Gasteiger partial charge in [-0.25, -0.2) is 9.59 Å². The van der Waals surface area contributed by atoms with Gasteiger partial charge in [-0.15, -0.1) is 0 Å². The van der Waals surface area contributed by atoms with Crippen LogP contribution in [0.25, 0.3) is 0 Å². The normalized spacial score (nSPS) is 10.4. The Labute approximate surface area is 193 Å². The molecule has 0 saturated heterocycles. The van der Waals surface area contributed by atoms with Crippen molar-refractivity contribution >= 4 is 46.7 Å². The highest BCUT2D eigenvalue weighted by molar-refractivity contribution is 6.42. The number of anilines is 1. The van der Waals surface area contributed by atoms with Crippen LogP contribution < -0.4 is 10.1 Å². The summed E-state index contributed by atoms with van der Waals surface area (Å²) >= 11 is 12.0. The zero-order valence-electron chi connectivity index (χ0n) is 16.9. The Kier molecular flexibility index (Phi) is 7.40. The second kappa shape index (κ2) is 10.2. The molecule has 0 aliphatic rings. The van der Waals surface area contributed by atoms with Gasteiger partial charge in [-0.1, -0.05) is 29.3 Å². The van der Waals surface area contributed by atoms with E-state index in [1.54, 1.807) is 24.3 Å². The van der Waals surface area contributed by atoms with Crippen LogP contribution in [0.3, 0.4) is 0 Å². The number of hydrogen-bond acceptors (Lipinski definition) is 7. The Hall–Kier alpha value is -3.49. The molecule has 1 aromatic heterocycles. The summed E-state index contributed by atoms with van der Waals surface area (Å²) in [6.07, 6.45) is 0. The summed E-state index contributed by atoms with van der Waals surface area (Å²) in [4.78, 5) is 36.4. The molecule has 166 valence electrons. The monoisotopic (exact) mass is 477 g/mol. The number of carbonyl (C=O) groups is 3. The second-order valence-corrected chi connectivity index (χ2v) is 7.13. The van der Waals surface area contributed by atoms with Gasteiger partial charge < -0.3 is 23.9 Å². The van der Waals surface area contributed by atoms with Crippen molar-refractivity contribution in [1.82, 2.24) is 0 Å². The summed E-state index contributed by atoms with van der Waals surface area (Å²) < 4.78 is 20.4. The number of esters is 2. The van der Waals surface area contributed by atoms with Crippen molar-refractivity contribution in [2.75, 3.05) is 19.5 Å². The van der Waals surface area contributed by atoms with Crippen LogP contribution >= 0.6 is 23.2 Å². The molecule has 0 aliphatic heterocycles. The lowest BCUT2D eigenvalue weighted by Gasteiger charge is -2.09. The molecule has 2 aromatic carbocycles. The Morgan fingerprint density at radius 2 is 1.59 bits per heavy atom. The minimum Gasteiger partial charge on any atom is -0.484 e. The number of benzene rings is 2. The van der Waals surface area contributed by atoms with Crippen molar-refractivity contribution in [3.05, 3.63) is 81.2 Å². The molecule has 1 amide bonds. The molecule has 0 bridgehead atoms. The van der Waals surface area contributed by atoms with E-state index in [1.165, 1.54) is 38.5 Å². The van der Waals surface area contributed by atoms with Crippen LogP contribution in [0.1, 0.15) is 37.0 Å². The van der Waals surface area contributed by atoms with Gasteiger partial charge in [0, 0.05) is 5.69 Å². The zero-order valence-corrected chi connectivity index (χ0v) is 18.5. The first-order chi connectivity index (χ1) is 15.3. The standard InChI is InChI=1S/C22H17Cl2NO7/c1-29-21(27)12-8-13(22(28)30-2)10-14(9-12)25-20(26)18-7-6-15(32-18)11-31-17-5-3-4-16(23)19(17)24/h3-10H,11H2,1-2H3,(H,25,26).